The molecule has 0 bridgehead atoms. The molecule has 2 aromatic rings. The Labute approximate surface area is 151 Å². The molecule has 8 nitrogen and oxygen atoms in total. The minimum Gasteiger partial charge on any atom is -0.336 e. The summed E-state index contributed by atoms with van der Waals surface area (Å²) >= 11 is 5.91. The molecule has 9 heteroatoms. The van der Waals surface area contributed by atoms with E-state index in [1.54, 1.807) is 24.1 Å². The van der Waals surface area contributed by atoms with Crippen molar-refractivity contribution in [3.8, 4) is 0 Å². The maximum Gasteiger partial charge on any atom is 0.321 e. The van der Waals surface area contributed by atoms with Crippen LogP contribution in [0.5, 0.6) is 0 Å². The van der Waals surface area contributed by atoms with Crippen LogP contribution in [-0.2, 0) is 0 Å². The lowest BCUT2D eigenvalue weighted by atomic mass is 10.0. The summed E-state index contributed by atoms with van der Waals surface area (Å²) in [5, 5.41) is 18.0. The van der Waals surface area contributed by atoms with Crippen molar-refractivity contribution in [1.82, 2.24) is 25.9 Å². The first-order chi connectivity index (χ1) is 12.0. The van der Waals surface area contributed by atoms with Crippen molar-refractivity contribution in [2.24, 2.45) is 5.92 Å². The monoisotopic (exact) mass is 363 g/mol. The number of nitrogens with zero attached hydrogens (tertiary/aromatic N) is 5. The highest BCUT2D eigenvalue weighted by molar-refractivity contribution is 6.30. The molecule has 1 aromatic heterocycles. The summed E-state index contributed by atoms with van der Waals surface area (Å²) < 4.78 is 0. The third-order valence-corrected chi connectivity index (χ3v) is 4.73. The van der Waals surface area contributed by atoms with Crippen LogP contribution in [0.25, 0.3) is 0 Å². The Kier molecular flexibility index (Phi) is 5.37. The number of carbonyl (C=O) groups excluding carboxylic acids is 1. The number of hydrogen-bond acceptors (Lipinski definition) is 5. The fraction of sp³-hybridized carbons (Fsp3) is 0.500. The summed E-state index contributed by atoms with van der Waals surface area (Å²) in [6, 6.07) is 7.05. The second-order valence-corrected chi connectivity index (χ2v) is 6.91. The van der Waals surface area contributed by atoms with Crippen LogP contribution in [0.15, 0.2) is 24.3 Å². The summed E-state index contributed by atoms with van der Waals surface area (Å²) in [5.74, 6) is 1.07. The smallest absolute Gasteiger partial charge is 0.321 e. The molecule has 2 heterocycles. The van der Waals surface area contributed by atoms with E-state index in [4.69, 9.17) is 11.6 Å². The fourth-order valence-corrected chi connectivity index (χ4v) is 3.17. The van der Waals surface area contributed by atoms with Gasteiger partial charge in [-0.25, -0.2) is 4.79 Å². The third-order valence-electron chi connectivity index (χ3n) is 4.48. The number of nitrogens with one attached hydrogen (secondary N) is 2. The molecular formula is C16H22ClN7O. The van der Waals surface area contributed by atoms with Crippen molar-refractivity contribution in [3.63, 3.8) is 0 Å². The van der Waals surface area contributed by atoms with E-state index in [0.717, 1.165) is 25.1 Å². The molecule has 2 N–H and O–H groups in total. The number of H-pyrrole nitrogens is 1. The second kappa shape index (κ2) is 7.69. The number of carbonyl (C=O) groups is 1. The molecule has 2 amide bonds. The van der Waals surface area contributed by atoms with Gasteiger partial charge in [0.15, 0.2) is 0 Å². The molecule has 0 radical (unpaired) electrons. The minimum absolute atomic E-state index is 0.0123. The lowest BCUT2D eigenvalue weighted by Crippen LogP contribution is -2.48. The Hall–Kier alpha value is -2.35. The van der Waals surface area contributed by atoms with Gasteiger partial charge >= 0.3 is 6.03 Å². The first-order valence-electron chi connectivity index (χ1n) is 8.31. The number of aromatic amines is 1. The number of hydrogen-bond donors (Lipinski definition) is 2. The average Bonchev–Trinajstić information content (AvgIpc) is 3.06. The van der Waals surface area contributed by atoms with Gasteiger partial charge in [-0.05, 0) is 48.2 Å². The molecule has 0 saturated carbocycles. The van der Waals surface area contributed by atoms with Crippen LogP contribution >= 0.6 is 11.6 Å². The van der Waals surface area contributed by atoms with E-state index < -0.39 is 0 Å². The van der Waals surface area contributed by atoms with Gasteiger partial charge in [0, 0.05) is 36.9 Å². The van der Waals surface area contributed by atoms with E-state index in [1.807, 2.05) is 12.1 Å². The van der Waals surface area contributed by atoms with Crippen molar-refractivity contribution in [3.05, 3.63) is 29.3 Å². The maximum atomic E-state index is 12.6. The summed E-state index contributed by atoms with van der Waals surface area (Å²) in [6.07, 6.45) is 1.93. The van der Waals surface area contributed by atoms with Crippen LogP contribution in [-0.4, -0.2) is 52.8 Å². The van der Waals surface area contributed by atoms with Gasteiger partial charge in [-0.3, -0.25) is 4.90 Å². The van der Waals surface area contributed by atoms with E-state index in [9.17, 15) is 4.79 Å². The number of halogens is 1. The van der Waals surface area contributed by atoms with Crippen molar-refractivity contribution in [2.75, 3.05) is 29.9 Å². The Morgan fingerprint density at radius 2 is 2.16 bits per heavy atom. The molecule has 3 rings (SSSR count). The van der Waals surface area contributed by atoms with E-state index >= 15 is 0 Å². The molecule has 1 aromatic carbocycles. The quantitative estimate of drug-likeness (QED) is 0.873. The van der Waals surface area contributed by atoms with Crippen LogP contribution < -0.4 is 15.1 Å². The topological polar surface area (TPSA) is 90.0 Å². The van der Waals surface area contributed by atoms with Gasteiger partial charge in [-0.1, -0.05) is 23.6 Å². The highest BCUT2D eigenvalue weighted by Gasteiger charge is 2.26. The van der Waals surface area contributed by atoms with Crippen LogP contribution in [0, 0.1) is 5.92 Å². The summed E-state index contributed by atoms with van der Waals surface area (Å²) in [5.41, 5.74) is 0.790. The van der Waals surface area contributed by atoms with Crippen LogP contribution in [0.1, 0.15) is 19.8 Å². The van der Waals surface area contributed by atoms with Gasteiger partial charge < -0.3 is 10.2 Å². The Balaban J connectivity index is 1.66. The van der Waals surface area contributed by atoms with Gasteiger partial charge in [0.2, 0.25) is 0 Å². The molecule has 1 fully saturated rings. The lowest BCUT2D eigenvalue weighted by molar-refractivity contribution is 0.242. The first-order valence-corrected chi connectivity index (χ1v) is 8.69. The lowest BCUT2D eigenvalue weighted by Gasteiger charge is -2.26. The molecule has 134 valence electrons. The summed E-state index contributed by atoms with van der Waals surface area (Å²) in [4.78, 5) is 16.3. The van der Waals surface area contributed by atoms with Crippen molar-refractivity contribution in [1.29, 1.82) is 0 Å². The average molecular weight is 364 g/mol. The van der Waals surface area contributed by atoms with Crippen molar-refractivity contribution < 1.29 is 4.79 Å². The highest BCUT2D eigenvalue weighted by Crippen LogP contribution is 2.21. The van der Waals surface area contributed by atoms with E-state index in [0.29, 0.717) is 23.4 Å². The summed E-state index contributed by atoms with van der Waals surface area (Å²) in [7, 11) is 1.75. The van der Waals surface area contributed by atoms with Crippen LogP contribution in [0.2, 0.25) is 5.02 Å². The zero-order valence-corrected chi connectivity index (χ0v) is 15.1. The van der Waals surface area contributed by atoms with E-state index in [2.05, 4.69) is 37.8 Å². The van der Waals surface area contributed by atoms with Crippen molar-refractivity contribution >= 4 is 29.3 Å². The van der Waals surface area contributed by atoms with Crippen LogP contribution in [0.4, 0.5) is 16.4 Å². The van der Waals surface area contributed by atoms with Gasteiger partial charge in [-0.2, -0.15) is 5.21 Å². The van der Waals surface area contributed by atoms with Gasteiger partial charge in [0.25, 0.3) is 5.95 Å². The molecule has 1 aliphatic rings. The Bertz CT molecular complexity index is 691. The minimum atomic E-state index is -0.144. The molecule has 0 unspecified atom stereocenters. The van der Waals surface area contributed by atoms with Gasteiger partial charge in [0.1, 0.15) is 0 Å². The number of urea groups is 1. The number of aromatic nitrogens is 4. The molecule has 0 spiro atoms. The predicted molar refractivity (Wildman–Crippen MR) is 97.0 cm³/mol. The normalized spacial score (nSPS) is 20.8. The molecule has 25 heavy (non-hydrogen) atoms. The molecule has 2 atom stereocenters. The third kappa shape index (κ3) is 4.39. The Morgan fingerprint density at radius 3 is 2.84 bits per heavy atom. The zero-order chi connectivity index (χ0) is 17.8. The summed E-state index contributed by atoms with van der Waals surface area (Å²) in [6.45, 7) is 3.70. The van der Waals surface area contributed by atoms with Gasteiger partial charge in [0.05, 0.1) is 0 Å². The zero-order valence-electron chi connectivity index (χ0n) is 14.3. The first kappa shape index (κ1) is 17.5. The second-order valence-electron chi connectivity index (χ2n) is 6.47. The highest BCUT2D eigenvalue weighted by atomic mass is 35.5. The molecule has 1 aliphatic heterocycles. The number of anilines is 2. The largest absolute Gasteiger partial charge is 0.336 e. The van der Waals surface area contributed by atoms with E-state index in [-0.39, 0.29) is 12.1 Å². The number of tetrazole rings is 1. The fourth-order valence-electron chi connectivity index (χ4n) is 3.04. The molecule has 0 aliphatic carbocycles. The molecule has 1 saturated heterocycles. The van der Waals surface area contributed by atoms with E-state index in [1.165, 1.54) is 0 Å². The number of benzene rings is 1. The SMILES string of the molecule is C[C@H]1CCN(c2nn[nH]n2)C[C@H](NC(=O)N(C)c2ccc(Cl)cc2)C1. The maximum absolute atomic E-state index is 12.6. The number of amides is 2. The Morgan fingerprint density at radius 1 is 1.40 bits per heavy atom. The van der Waals surface area contributed by atoms with Crippen molar-refractivity contribution in [2.45, 2.75) is 25.8 Å². The molecular weight excluding hydrogens is 342 g/mol. The van der Waals surface area contributed by atoms with Crippen LogP contribution in [0.3, 0.4) is 0 Å². The van der Waals surface area contributed by atoms with Gasteiger partial charge in [-0.15, -0.1) is 5.10 Å². The standard InChI is InChI=1S/C16H22ClN7O/c1-11-7-8-24(15-19-21-22-20-15)10-13(9-11)18-16(25)23(2)14-5-3-12(17)4-6-14/h3-6,11,13H,7-10H2,1-2H3,(H,18,25)(H,19,20,21,22)/t11-,13+/m0/s1. The number of rotatable bonds is 3. The predicted octanol–water partition coefficient (Wildman–Crippen LogP) is 2.30.